The lowest BCUT2D eigenvalue weighted by Crippen LogP contribution is -2.25. The van der Waals surface area contributed by atoms with Crippen molar-refractivity contribution in [3.05, 3.63) is 35.4 Å². The fourth-order valence-electron chi connectivity index (χ4n) is 3.46. The van der Waals surface area contributed by atoms with Gasteiger partial charge in [0.25, 0.3) is 0 Å². The predicted octanol–water partition coefficient (Wildman–Crippen LogP) is 4.58. The molecule has 2 rings (SSSR count). The Bertz CT molecular complexity index is 396. The zero-order chi connectivity index (χ0) is 13.8. The van der Waals surface area contributed by atoms with Gasteiger partial charge in [-0.2, -0.15) is 0 Å². The number of nitrogens with one attached hydrogen (secondary N) is 1. The summed E-state index contributed by atoms with van der Waals surface area (Å²) in [7, 11) is 0. The van der Waals surface area contributed by atoms with E-state index in [0.29, 0.717) is 6.04 Å². The Morgan fingerprint density at radius 1 is 1.21 bits per heavy atom. The summed E-state index contributed by atoms with van der Waals surface area (Å²) in [5.74, 6) is 2.35. The SMILES string of the molecule is CCCc1ccccc1[C@H]1NCC[C@H]1[C@H](C)C(C)C. The van der Waals surface area contributed by atoms with Crippen LogP contribution in [-0.2, 0) is 6.42 Å². The zero-order valence-corrected chi connectivity index (χ0v) is 12.9. The second-order valence-electron chi connectivity index (χ2n) is 6.44. The molecule has 0 aromatic heterocycles. The van der Waals surface area contributed by atoms with Gasteiger partial charge in [-0.15, -0.1) is 0 Å². The average molecular weight is 259 g/mol. The summed E-state index contributed by atoms with van der Waals surface area (Å²) in [6.45, 7) is 10.6. The van der Waals surface area contributed by atoms with Gasteiger partial charge in [0.15, 0.2) is 0 Å². The van der Waals surface area contributed by atoms with E-state index >= 15 is 0 Å². The lowest BCUT2D eigenvalue weighted by atomic mass is 9.77. The molecule has 19 heavy (non-hydrogen) atoms. The molecule has 1 aliphatic rings. The molecule has 0 aliphatic carbocycles. The Hall–Kier alpha value is -0.820. The summed E-state index contributed by atoms with van der Waals surface area (Å²) in [5, 5.41) is 3.76. The molecule has 1 aromatic carbocycles. The van der Waals surface area contributed by atoms with Crippen molar-refractivity contribution in [3.8, 4) is 0 Å². The Labute approximate surface area is 118 Å². The lowest BCUT2D eigenvalue weighted by Gasteiger charge is -2.30. The third kappa shape index (κ3) is 3.20. The topological polar surface area (TPSA) is 12.0 Å². The zero-order valence-electron chi connectivity index (χ0n) is 12.9. The van der Waals surface area contributed by atoms with Crippen molar-refractivity contribution >= 4 is 0 Å². The molecule has 106 valence electrons. The first kappa shape index (κ1) is 14.6. The van der Waals surface area contributed by atoms with Crippen molar-refractivity contribution < 1.29 is 0 Å². The highest BCUT2D eigenvalue weighted by Gasteiger charge is 2.34. The monoisotopic (exact) mass is 259 g/mol. The maximum absolute atomic E-state index is 3.76. The van der Waals surface area contributed by atoms with Gasteiger partial charge in [0.2, 0.25) is 0 Å². The minimum Gasteiger partial charge on any atom is -0.310 e. The molecule has 1 heteroatoms. The molecular formula is C18H29N. The Morgan fingerprint density at radius 2 is 1.95 bits per heavy atom. The lowest BCUT2D eigenvalue weighted by molar-refractivity contribution is 0.254. The third-order valence-electron chi connectivity index (χ3n) is 4.91. The quantitative estimate of drug-likeness (QED) is 0.816. The van der Waals surface area contributed by atoms with Gasteiger partial charge in [-0.25, -0.2) is 0 Å². The van der Waals surface area contributed by atoms with E-state index in [2.05, 4.69) is 57.3 Å². The van der Waals surface area contributed by atoms with E-state index in [1.807, 2.05) is 0 Å². The van der Waals surface area contributed by atoms with Crippen LogP contribution in [0.3, 0.4) is 0 Å². The maximum atomic E-state index is 3.76. The molecule has 1 aliphatic heterocycles. The van der Waals surface area contributed by atoms with E-state index in [0.717, 1.165) is 17.8 Å². The molecule has 1 aromatic rings. The van der Waals surface area contributed by atoms with E-state index in [9.17, 15) is 0 Å². The highest BCUT2D eigenvalue weighted by Crippen LogP contribution is 2.39. The van der Waals surface area contributed by atoms with Crippen molar-refractivity contribution in [2.24, 2.45) is 17.8 Å². The first-order chi connectivity index (χ1) is 9.15. The summed E-state index contributed by atoms with van der Waals surface area (Å²) in [6.07, 6.45) is 3.76. The minimum atomic E-state index is 0.570. The van der Waals surface area contributed by atoms with Gasteiger partial charge in [0.05, 0.1) is 0 Å². The van der Waals surface area contributed by atoms with Crippen LogP contribution in [0, 0.1) is 17.8 Å². The van der Waals surface area contributed by atoms with Gasteiger partial charge in [0, 0.05) is 6.04 Å². The molecule has 0 spiro atoms. The molecule has 1 fully saturated rings. The minimum absolute atomic E-state index is 0.570. The summed E-state index contributed by atoms with van der Waals surface area (Å²) < 4.78 is 0. The second kappa shape index (κ2) is 6.56. The molecule has 0 saturated carbocycles. The molecule has 0 bridgehead atoms. The van der Waals surface area contributed by atoms with Crippen LogP contribution < -0.4 is 5.32 Å². The third-order valence-corrected chi connectivity index (χ3v) is 4.91. The highest BCUT2D eigenvalue weighted by atomic mass is 15.0. The summed E-state index contributed by atoms with van der Waals surface area (Å²) >= 11 is 0. The molecular weight excluding hydrogens is 230 g/mol. The molecule has 1 nitrogen and oxygen atoms in total. The van der Waals surface area contributed by atoms with Crippen LogP contribution in [0.1, 0.15) is 57.7 Å². The van der Waals surface area contributed by atoms with Crippen LogP contribution in [-0.4, -0.2) is 6.54 Å². The van der Waals surface area contributed by atoms with Crippen LogP contribution in [0.25, 0.3) is 0 Å². The Morgan fingerprint density at radius 3 is 2.63 bits per heavy atom. The van der Waals surface area contributed by atoms with Gasteiger partial charge in [-0.05, 0) is 48.3 Å². The van der Waals surface area contributed by atoms with Crippen molar-refractivity contribution in [2.75, 3.05) is 6.54 Å². The Kier molecular flexibility index (Phi) is 5.04. The van der Waals surface area contributed by atoms with Gasteiger partial charge in [0.1, 0.15) is 0 Å². The van der Waals surface area contributed by atoms with Gasteiger partial charge >= 0.3 is 0 Å². The number of hydrogen-bond donors (Lipinski definition) is 1. The fourth-order valence-corrected chi connectivity index (χ4v) is 3.46. The van der Waals surface area contributed by atoms with Crippen molar-refractivity contribution in [1.29, 1.82) is 0 Å². The second-order valence-corrected chi connectivity index (χ2v) is 6.44. The standard InChI is InChI=1S/C18H29N/c1-5-8-15-9-6-7-10-17(15)18-16(11-12-19-18)14(4)13(2)3/h6-7,9-10,13-14,16,18-19H,5,8,11-12H2,1-4H3/t14-,16+,18+/m1/s1. The van der Waals surface area contributed by atoms with E-state index < -0.39 is 0 Å². The average Bonchev–Trinajstić information content (AvgIpc) is 2.87. The van der Waals surface area contributed by atoms with E-state index in [1.54, 1.807) is 11.1 Å². The van der Waals surface area contributed by atoms with Crippen LogP contribution in [0.15, 0.2) is 24.3 Å². The van der Waals surface area contributed by atoms with Crippen LogP contribution >= 0.6 is 0 Å². The molecule has 1 heterocycles. The summed E-state index contributed by atoms with van der Waals surface area (Å²) in [5.41, 5.74) is 3.10. The first-order valence-electron chi connectivity index (χ1n) is 7.96. The molecule has 1 saturated heterocycles. The van der Waals surface area contributed by atoms with Crippen molar-refractivity contribution in [3.63, 3.8) is 0 Å². The van der Waals surface area contributed by atoms with Crippen molar-refractivity contribution in [2.45, 2.75) is 53.0 Å². The smallest absolute Gasteiger partial charge is 0.0354 e. The van der Waals surface area contributed by atoms with E-state index in [4.69, 9.17) is 0 Å². The molecule has 0 amide bonds. The highest BCUT2D eigenvalue weighted by molar-refractivity contribution is 5.31. The van der Waals surface area contributed by atoms with E-state index in [1.165, 1.54) is 25.8 Å². The number of aryl methyl sites for hydroxylation is 1. The first-order valence-corrected chi connectivity index (χ1v) is 7.96. The number of benzene rings is 1. The summed E-state index contributed by atoms with van der Waals surface area (Å²) in [6, 6.07) is 9.61. The molecule has 1 N–H and O–H groups in total. The largest absolute Gasteiger partial charge is 0.310 e. The normalized spacial score (nSPS) is 24.9. The van der Waals surface area contributed by atoms with Gasteiger partial charge in [-0.3, -0.25) is 0 Å². The van der Waals surface area contributed by atoms with E-state index in [-0.39, 0.29) is 0 Å². The Balaban J connectivity index is 2.24. The maximum Gasteiger partial charge on any atom is 0.0354 e. The number of rotatable bonds is 5. The van der Waals surface area contributed by atoms with Gasteiger partial charge < -0.3 is 5.32 Å². The van der Waals surface area contributed by atoms with Gasteiger partial charge in [-0.1, -0.05) is 58.4 Å². The van der Waals surface area contributed by atoms with Crippen LogP contribution in [0.2, 0.25) is 0 Å². The molecule has 0 unspecified atom stereocenters. The predicted molar refractivity (Wildman–Crippen MR) is 83.3 cm³/mol. The van der Waals surface area contributed by atoms with Crippen LogP contribution in [0.4, 0.5) is 0 Å². The fraction of sp³-hybridized carbons (Fsp3) is 0.667. The van der Waals surface area contributed by atoms with Crippen LogP contribution in [0.5, 0.6) is 0 Å². The number of hydrogen-bond acceptors (Lipinski definition) is 1. The summed E-state index contributed by atoms with van der Waals surface area (Å²) in [4.78, 5) is 0. The molecule has 0 radical (unpaired) electrons. The molecule has 3 atom stereocenters. The van der Waals surface area contributed by atoms with Crippen molar-refractivity contribution in [1.82, 2.24) is 5.32 Å².